The number of nitrogens with two attached hydrogens (primary N) is 2. The minimum absolute atomic E-state index is 0.339. The van der Waals surface area contributed by atoms with Crippen LogP contribution in [-0.4, -0.2) is 57.1 Å². The molecule has 1 aromatic carbocycles. The SMILES string of the molecule is N#CCC1CCN(c2nc(Nc3ccc(CN4CCC(C/C(N)=N/N)CC4)cc3)c3c(=O)[nH]ncc3n2)CC1. The van der Waals surface area contributed by atoms with Gasteiger partial charge in [0.15, 0.2) is 0 Å². The highest BCUT2D eigenvalue weighted by atomic mass is 16.1. The summed E-state index contributed by atoms with van der Waals surface area (Å²) < 4.78 is 0. The molecule has 5 rings (SSSR count). The summed E-state index contributed by atoms with van der Waals surface area (Å²) in [5, 5.41) is 22.8. The van der Waals surface area contributed by atoms with E-state index in [2.05, 4.69) is 53.6 Å². The number of fused-ring (bicyclic) bond motifs is 1. The van der Waals surface area contributed by atoms with E-state index in [1.54, 1.807) is 6.20 Å². The van der Waals surface area contributed by atoms with Gasteiger partial charge in [-0.15, -0.1) is 0 Å². The zero-order valence-electron chi connectivity index (χ0n) is 22.0. The Morgan fingerprint density at radius 3 is 2.51 bits per heavy atom. The summed E-state index contributed by atoms with van der Waals surface area (Å²) in [6.45, 7) is 4.45. The van der Waals surface area contributed by atoms with Crippen LogP contribution in [0.4, 0.5) is 17.5 Å². The maximum atomic E-state index is 12.7. The predicted molar refractivity (Wildman–Crippen MR) is 151 cm³/mol. The molecular weight excluding hydrogens is 494 g/mol. The van der Waals surface area contributed by atoms with Crippen molar-refractivity contribution >= 4 is 34.2 Å². The van der Waals surface area contributed by atoms with Crippen LogP contribution in [-0.2, 0) is 6.54 Å². The van der Waals surface area contributed by atoms with Gasteiger partial charge in [-0.05, 0) is 68.3 Å². The largest absolute Gasteiger partial charge is 0.386 e. The molecule has 6 N–H and O–H groups in total. The number of hydrogen-bond donors (Lipinski definition) is 4. The molecule has 0 radical (unpaired) electrons. The topological polar surface area (TPSA) is 178 Å². The molecule has 2 saturated heterocycles. The van der Waals surface area contributed by atoms with Crippen LogP contribution < -0.4 is 27.4 Å². The van der Waals surface area contributed by atoms with Crippen LogP contribution in [0, 0.1) is 23.2 Å². The summed E-state index contributed by atoms with van der Waals surface area (Å²) in [4.78, 5) is 26.6. The third-order valence-corrected chi connectivity index (χ3v) is 7.78. The van der Waals surface area contributed by atoms with Crippen LogP contribution in [0.1, 0.15) is 44.1 Å². The van der Waals surface area contributed by atoms with Crippen LogP contribution in [0.3, 0.4) is 0 Å². The molecule has 0 bridgehead atoms. The molecule has 2 aliphatic rings. The molecule has 3 aromatic rings. The Labute approximate surface area is 227 Å². The highest BCUT2D eigenvalue weighted by Gasteiger charge is 2.23. The first kappa shape index (κ1) is 26.4. The smallest absolute Gasteiger partial charge is 0.277 e. The number of H-pyrrole nitrogens is 1. The van der Waals surface area contributed by atoms with Crippen molar-refractivity contribution in [1.82, 2.24) is 25.1 Å². The summed E-state index contributed by atoms with van der Waals surface area (Å²) in [6, 6.07) is 10.5. The van der Waals surface area contributed by atoms with E-state index in [4.69, 9.17) is 21.8 Å². The Kier molecular flexibility index (Phi) is 8.17. The van der Waals surface area contributed by atoms with Gasteiger partial charge < -0.3 is 21.8 Å². The van der Waals surface area contributed by atoms with E-state index in [1.165, 1.54) is 5.56 Å². The normalized spacial score (nSPS) is 17.8. The number of benzene rings is 1. The Morgan fingerprint density at radius 1 is 1.10 bits per heavy atom. The van der Waals surface area contributed by atoms with Crippen molar-refractivity contribution < 1.29 is 0 Å². The highest BCUT2D eigenvalue weighted by molar-refractivity contribution is 5.90. The molecule has 0 atom stereocenters. The minimum Gasteiger partial charge on any atom is -0.386 e. The van der Waals surface area contributed by atoms with Crippen molar-refractivity contribution in [3.8, 4) is 6.07 Å². The van der Waals surface area contributed by atoms with Crippen LogP contribution in [0.2, 0.25) is 0 Å². The number of anilines is 3. The van der Waals surface area contributed by atoms with Crippen molar-refractivity contribution in [2.45, 2.75) is 45.1 Å². The van der Waals surface area contributed by atoms with E-state index in [1.807, 2.05) is 12.1 Å². The van der Waals surface area contributed by atoms with Crippen LogP contribution in [0.25, 0.3) is 10.9 Å². The van der Waals surface area contributed by atoms with E-state index in [9.17, 15) is 4.79 Å². The molecule has 4 heterocycles. The van der Waals surface area contributed by atoms with E-state index in [-0.39, 0.29) is 5.56 Å². The van der Waals surface area contributed by atoms with Gasteiger partial charge in [-0.25, -0.2) is 10.1 Å². The van der Waals surface area contributed by atoms with Gasteiger partial charge in [0.05, 0.1) is 12.3 Å². The molecule has 0 spiro atoms. The molecule has 2 aromatic heterocycles. The highest BCUT2D eigenvalue weighted by Crippen LogP contribution is 2.28. The second-order valence-electron chi connectivity index (χ2n) is 10.5. The first-order valence-electron chi connectivity index (χ1n) is 13.5. The number of piperidine rings is 2. The van der Waals surface area contributed by atoms with Crippen molar-refractivity contribution in [3.63, 3.8) is 0 Å². The van der Waals surface area contributed by atoms with Gasteiger partial charge in [-0.2, -0.15) is 20.4 Å². The van der Waals surface area contributed by atoms with Gasteiger partial charge in [-0.3, -0.25) is 9.69 Å². The van der Waals surface area contributed by atoms with Gasteiger partial charge >= 0.3 is 0 Å². The average Bonchev–Trinajstić information content (AvgIpc) is 2.95. The number of nitrogens with one attached hydrogen (secondary N) is 2. The first-order chi connectivity index (χ1) is 19.0. The second kappa shape index (κ2) is 12.1. The molecule has 204 valence electrons. The lowest BCUT2D eigenvalue weighted by Crippen LogP contribution is -2.35. The monoisotopic (exact) mass is 529 g/mol. The molecule has 0 aliphatic carbocycles. The number of nitriles is 1. The first-order valence-corrected chi connectivity index (χ1v) is 13.5. The number of aromatic nitrogens is 4. The van der Waals surface area contributed by atoms with Gasteiger partial charge in [0.25, 0.3) is 5.56 Å². The molecule has 0 unspecified atom stereocenters. The predicted octanol–water partition coefficient (Wildman–Crippen LogP) is 2.42. The Hall–Kier alpha value is -4.24. The van der Waals surface area contributed by atoms with Gasteiger partial charge in [0.2, 0.25) is 5.95 Å². The van der Waals surface area contributed by atoms with E-state index in [0.717, 1.165) is 70.5 Å². The van der Waals surface area contributed by atoms with Crippen LogP contribution >= 0.6 is 0 Å². The zero-order chi connectivity index (χ0) is 27.2. The molecule has 2 fully saturated rings. The van der Waals surface area contributed by atoms with Crippen LogP contribution in [0.15, 0.2) is 40.4 Å². The van der Waals surface area contributed by atoms with Gasteiger partial charge in [0, 0.05) is 38.2 Å². The standard InChI is InChI=1S/C27H35N11O/c28-10-5-18-8-13-38(14-9-18)27-33-22-16-31-36-26(39)24(22)25(34-27)32-21-3-1-20(2-4-21)17-37-11-6-19(7-12-37)15-23(29)35-30/h1-4,16,18-19H,5-9,11-15,17,30H2,(H2,29,35)(H,36,39)(H,32,33,34). The van der Waals surface area contributed by atoms with Crippen molar-refractivity contribution in [2.24, 2.45) is 28.5 Å². The fraction of sp³-hybridized carbons (Fsp3) is 0.481. The number of hydrazone groups is 1. The fourth-order valence-electron chi connectivity index (χ4n) is 5.47. The Balaban J connectivity index is 1.27. The number of likely N-dealkylation sites (tertiary alicyclic amines) is 1. The maximum absolute atomic E-state index is 12.7. The third-order valence-electron chi connectivity index (χ3n) is 7.78. The van der Waals surface area contributed by atoms with E-state index >= 15 is 0 Å². The molecule has 0 saturated carbocycles. The van der Waals surface area contributed by atoms with E-state index in [0.29, 0.717) is 46.8 Å². The number of nitrogens with zero attached hydrogens (tertiary/aromatic N) is 7. The summed E-state index contributed by atoms with van der Waals surface area (Å²) in [7, 11) is 0. The van der Waals surface area contributed by atoms with Gasteiger partial charge in [-0.1, -0.05) is 12.1 Å². The fourth-order valence-corrected chi connectivity index (χ4v) is 5.47. The Bertz CT molecular complexity index is 1400. The number of amidine groups is 1. The summed E-state index contributed by atoms with van der Waals surface area (Å²) in [5.41, 5.74) is 8.00. The molecule has 12 nitrogen and oxygen atoms in total. The lowest BCUT2D eigenvalue weighted by atomic mass is 9.93. The van der Waals surface area contributed by atoms with Gasteiger partial charge in [0.1, 0.15) is 22.6 Å². The molecular formula is C27H35N11O. The van der Waals surface area contributed by atoms with Crippen molar-refractivity contribution in [2.75, 3.05) is 36.4 Å². The molecule has 12 heteroatoms. The van der Waals surface area contributed by atoms with Crippen LogP contribution in [0.5, 0.6) is 0 Å². The summed E-state index contributed by atoms with van der Waals surface area (Å²) in [5.74, 6) is 7.76. The number of rotatable bonds is 8. The maximum Gasteiger partial charge on any atom is 0.277 e. The summed E-state index contributed by atoms with van der Waals surface area (Å²) in [6.07, 6.45) is 6.89. The number of hydrogen-bond acceptors (Lipinski definition) is 10. The lowest BCUT2D eigenvalue weighted by molar-refractivity contribution is 0.180. The minimum atomic E-state index is -0.339. The second-order valence-corrected chi connectivity index (χ2v) is 10.5. The molecule has 0 amide bonds. The van der Waals surface area contributed by atoms with Crippen molar-refractivity contribution in [1.29, 1.82) is 5.26 Å². The quantitative estimate of drug-likeness (QED) is 0.147. The molecule has 2 aliphatic heterocycles. The molecule has 39 heavy (non-hydrogen) atoms. The van der Waals surface area contributed by atoms with E-state index < -0.39 is 0 Å². The number of aromatic amines is 1. The third kappa shape index (κ3) is 6.43. The summed E-state index contributed by atoms with van der Waals surface area (Å²) >= 11 is 0. The van der Waals surface area contributed by atoms with Crippen molar-refractivity contribution in [3.05, 3.63) is 46.4 Å². The zero-order valence-corrected chi connectivity index (χ0v) is 22.0. The Morgan fingerprint density at radius 2 is 1.82 bits per heavy atom. The average molecular weight is 530 g/mol. The lowest BCUT2D eigenvalue weighted by Gasteiger charge is -2.31.